The largest absolute Gasteiger partial charge is 0.434 e. The van der Waals surface area contributed by atoms with Gasteiger partial charge in [-0.15, -0.1) is 0 Å². The standard InChI is InChI=1S/C18H23F2N3O3/c19-17(20)26-14-6-2-1-5-13(14)15(24)22-9-11-23(12-10-22)16(25)18(21)7-3-4-8-18/h1-2,5-6,17H,3-4,7-12,21H2. The van der Waals surface area contributed by atoms with Crippen molar-refractivity contribution in [2.45, 2.75) is 37.8 Å². The Morgan fingerprint density at radius 1 is 1.04 bits per heavy atom. The summed E-state index contributed by atoms with van der Waals surface area (Å²) in [4.78, 5) is 28.6. The lowest BCUT2D eigenvalue weighted by Crippen LogP contribution is -2.59. The summed E-state index contributed by atoms with van der Waals surface area (Å²) >= 11 is 0. The van der Waals surface area contributed by atoms with Crippen molar-refractivity contribution in [3.63, 3.8) is 0 Å². The van der Waals surface area contributed by atoms with E-state index in [0.717, 1.165) is 12.8 Å². The maximum atomic E-state index is 12.7. The number of halogens is 2. The van der Waals surface area contributed by atoms with Crippen molar-refractivity contribution in [3.8, 4) is 5.75 Å². The zero-order valence-corrected chi connectivity index (χ0v) is 14.5. The van der Waals surface area contributed by atoms with Gasteiger partial charge in [0.25, 0.3) is 5.91 Å². The highest BCUT2D eigenvalue weighted by Crippen LogP contribution is 2.29. The Morgan fingerprint density at radius 3 is 2.23 bits per heavy atom. The number of alkyl halides is 2. The first-order chi connectivity index (χ1) is 12.4. The molecule has 1 saturated carbocycles. The molecule has 8 heteroatoms. The number of nitrogens with two attached hydrogens (primary N) is 1. The van der Waals surface area contributed by atoms with Crippen LogP contribution in [-0.2, 0) is 4.79 Å². The average molecular weight is 367 g/mol. The van der Waals surface area contributed by atoms with Crippen LogP contribution in [0.3, 0.4) is 0 Å². The zero-order chi connectivity index (χ0) is 18.7. The quantitative estimate of drug-likeness (QED) is 0.881. The molecule has 1 aliphatic heterocycles. The highest BCUT2D eigenvalue weighted by molar-refractivity contribution is 5.97. The van der Waals surface area contributed by atoms with Crippen LogP contribution in [0, 0.1) is 0 Å². The Bertz CT molecular complexity index is 669. The molecule has 0 radical (unpaired) electrons. The van der Waals surface area contributed by atoms with Crippen molar-refractivity contribution in [1.29, 1.82) is 0 Å². The van der Waals surface area contributed by atoms with Gasteiger partial charge in [-0.2, -0.15) is 8.78 Å². The van der Waals surface area contributed by atoms with Gasteiger partial charge in [-0.05, 0) is 25.0 Å². The van der Waals surface area contributed by atoms with Gasteiger partial charge in [-0.25, -0.2) is 0 Å². The first-order valence-corrected chi connectivity index (χ1v) is 8.82. The maximum Gasteiger partial charge on any atom is 0.387 e. The van der Waals surface area contributed by atoms with Gasteiger partial charge in [0.1, 0.15) is 5.75 Å². The van der Waals surface area contributed by atoms with E-state index in [0.29, 0.717) is 39.0 Å². The normalized spacial score (nSPS) is 19.7. The van der Waals surface area contributed by atoms with Crippen molar-refractivity contribution in [1.82, 2.24) is 9.80 Å². The smallest absolute Gasteiger partial charge is 0.387 e. The first kappa shape index (κ1) is 18.6. The van der Waals surface area contributed by atoms with E-state index in [2.05, 4.69) is 4.74 Å². The van der Waals surface area contributed by atoms with E-state index in [1.807, 2.05) is 0 Å². The number of nitrogens with zero attached hydrogens (tertiary/aromatic N) is 2. The molecule has 0 bridgehead atoms. The Morgan fingerprint density at radius 2 is 1.62 bits per heavy atom. The SMILES string of the molecule is NC1(C(=O)N2CCN(C(=O)c3ccccc3OC(F)F)CC2)CCCC1. The predicted octanol–water partition coefficient (Wildman–Crippen LogP) is 1.84. The second kappa shape index (κ2) is 7.57. The number of rotatable bonds is 4. The summed E-state index contributed by atoms with van der Waals surface area (Å²) in [5.41, 5.74) is 5.55. The molecule has 1 aromatic carbocycles. The highest BCUT2D eigenvalue weighted by atomic mass is 19.3. The monoisotopic (exact) mass is 367 g/mol. The number of carbonyl (C=O) groups is 2. The van der Waals surface area contributed by atoms with Crippen molar-refractivity contribution in [2.24, 2.45) is 5.73 Å². The summed E-state index contributed by atoms with van der Waals surface area (Å²) in [5, 5.41) is 0. The van der Waals surface area contributed by atoms with Crippen molar-refractivity contribution in [3.05, 3.63) is 29.8 Å². The van der Waals surface area contributed by atoms with E-state index in [9.17, 15) is 18.4 Å². The Balaban J connectivity index is 1.63. The fourth-order valence-electron chi connectivity index (χ4n) is 3.66. The van der Waals surface area contributed by atoms with E-state index in [4.69, 9.17) is 5.73 Å². The molecule has 0 atom stereocenters. The van der Waals surface area contributed by atoms with E-state index in [1.165, 1.54) is 18.2 Å². The minimum Gasteiger partial charge on any atom is -0.434 e. The van der Waals surface area contributed by atoms with E-state index in [-0.39, 0.29) is 23.1 Å². The summed E-state index contributed by atoms with van der Waals surface area (Å²) in [6, 6.07) is 5.94. The Labute approximate surface area is 150 Å². The van der Waals surface area contributed by atoms with Crippen LogP contribution in [0.4, 0.5) is 8.78 Å². The number of carbonyl (C=O) groups excluding carboxylic acids is 2. The molecule has 1 saturated heterocycles. The van der Waals surface area contributed by atoms with Crippen LogP contribution in [0.1, 0.15) is 36.0 Å². The van der Waals surface area contributed by atoms with E-state index < -0.39 is 12.2 Å². The number of para-hydroxylation sites is 1. The second-order valence-corrected chi connectivity index (χ2v) is 6.82. The lowest BCUT2D eigenvalue weighted by molar-refractivity contribution is -0.138. The third-order valence-electron chi connectivity index (χ3n) is 5.11. The van der Waals surface area contributed by atoms with E-state index >= 15 is 0 Å². The molecule has 1 heterocycles. The van der Waals surface area contributed by atoms with Gasteiger partial charge in [0.05, 0.1) is 11.1 Å². The van der Waals surface area contributed by atoms with Crippen LogP contribution in [0.2, 0.25) is 0 Å². The van der Waals surface area contributed by atoms with Crippen molar-refractivity contribution >= 4 is 11.8 Å². The number of ether oxygens (including phenoxy) is 1. The highest BCUT2D eigenvalue weighted by Gasteiger charge is 2.41. The molecule has 2 aliphatic rings. The van der Waals surface area contributed by atoms with Gasteiger partial charge < -0.3 is 20.3 Å². The van der Waals surface area contributed by atoms with Crippen LogP contribution < -0.4 is 10.5 Å². The molecule has 1 aliphatic carbocycles. The topological polar surface area (TPSA) is 75.9 Å². The third kappa shape index (κ3) is 3.80. The van der Waals surface area contributed by atoms with Crippen LogP contribution in [0.5, 0.6) is 5.75 Å². The molecule has 2 N–H and O–H groups in total. The summed E-state index contributed by atoms with van der Waals surface area (Å²) in [5.74, 6) is -0.571. The van der Waals surface area contributed by atoms with Crippen molar-refractivity contribution < 1.29 is 23.1 Å². The summed E-state index contributed by atoms with van der Waals surface area (Å²) in [7, 11) is 0. The Kier molecular flexibility index (Phi) is 5.41. The molecular weight excluding hydrogens is 344 g/mol. The maximum absolute atomic E-state index is 12.7. The minimum atomic E-state index is -2.99. The van der Waals surface area contributed by atoms with Gasteiger partial charge in [-0.1, -0.05) is 25.0 Å². The zero-order valence-electron chi connectivity index (χ0n) is 14.5. The number of piperazine rings is 1. The molecule has 3 rings (SSSR count). The lowest BCUT2D eigenvalue weighted by atomic mass is 9.97. The van der Waals surface area contributed by atoms with Gasteiger partial charge in [-0.3, -0.25) is 9.59 Å². The second-order valence-electron chi connectivity index (χ2n) is 6.82. The molecular formula is C18H23F2N3O3. The molecule has 0 spiro atoms. The van der Waals surface area contributed by atoms with Gasteiger partial charge in [0.2, 0.25) is 5.91 Å². The molecule has 2 fully saturated rings. The van der Waals surface area contributed by atoms with Crippen LogP contribution in [0.15, 0.2) is 24.3 Å². The fraction of sp³-hybridized carbons (Fsp3) is 0.556. The van der Waals surface area contributed by atoms with E-state index in [1.54, 1.807) is 15.9 Å². The summed E-state index contributed by atoms with van der Waals surface area (Å²) in [6.45, 7) is -1.54. The molecule has 2 amide bonds. The number of hydrogen-bond acceptors (Lipinski definition) is 4. The summed E-state index contributed by atoms with van der Waals surface area (Å²) in [6.07, 6.45) is 3.32. The van der Waals surface area contributed by atoms with Crippen LogP contribution in [0.25, 0.3) is 0 Å². The molecule has 0 unspecified atom stereocenters. The summed E-state index contributed by atoms with van der Waals surface area (Å²) < 4.78 is 29.5. The molecule has 1 aromatic rings. The molecule has 142 valence electrons. The molecule has 6 nitrogen and oxygen atoms in total. The minimum absolute atomic E-state index is 0.0523. The fourth-order valence-corrected chi connectivity index (χ4v) is 3.66. The number of benzene rings is 1. The van der Waals surface area contributed by atoms with Crippen LogP contribution >= 0.6 is 0 Å². The lowest BCUT2D eigenvalue weighted by Gasteiger charge is -2.38. The molecule has 0 aromatic heterocycles. The number of amides is 2. The van der Waals surface area contributed by atoms with Crippen LogP contribution in [-0.4, -0.2) is 59.9 Å². The van der Waals surface area contributed by atoms with Gasteiger partial charge >= 0.3 is 6.61 Å². The number of hydrogen-bond donors (Lipinski definition) is 1. The predicted molar refractivity (Wildman–Crippen MR) is 90.9 cm³/mol. The molecule has 26 heavy (non-hydrogen) atoms. The van der Waals surface area contributed by atoms with Crippen molar-refractivity contribution in [2.75, 3.05) is 26.2 Å². The Hall–Kier alpha value is -2.22. The average Bonchev–Trinajstić information content (AvgIpc) is 3.08. The first-order valence-electron chi connectivity index (χ1n) is 8.82. The van der Waals surface area contributed by atoms with Gasteiger partial charge in [0, 0.05) is 26.2 Å². The third-order valence-corrected chi connectivity index (χ3v) is 5.11. The van der Waals surface area contributed by atoms with Gasteiger partial charge in [0.15, 0.2) is 0 Å².